The molecule has 0 bridgehead atoms. The molecule has 1 amide bonds. The summed E-state index contributed by atoms with van der Waals surface area (Å²) < 4.78 is 29.4. The lowest BCUT2D eigenvalue weighted by molar-refractivity contribution is 0.0685. The third kappa shape index (κ3) is 3.44. The van der Waals surface area contributed by atoms with Crippen molar-refractivity contribution in [2.24, 2.45) is 0 Å². The van der Waals surface area contributed by atoms with Gasteiger partial charge in [-0.05, 0) is 38.2 Å². The molecule has 8 heteroatoms. The Kier molecular flexibility index (Phi) is 5.00. The molecule has 0 N–H and O–H groups in total. The normalized spacial score (nSPS) is 17.4. The smallest absolute Gasteiger partial charge is 0.256 e. The molecule has 2 heterocycles. The van der Waals surface area contributed by atoms with E-state index in [-0.39, 0.29) is 17.7 Å². The van der Waals surface area contributed by atoms with Crippen LogP contribution >= 0.6 is 11.5 Å². The fourth-order valence-electron chi connectivity index (χ4n) is 2.53. The van der Waals surface area contributed by atoms with Crippen LogP contribution in [0.25, 0.3) is 0 Å². The zero-order chi connectivity index (χ0) is 15.6. The standard InChI is InChI=1S/C13H21N3O3S2/c1-4-21(18,19)15(3)11-5-7-16(8-6-11)13(17)12-9-20-14-10(12)2/h9,11H,4-8H2,1-3H3. The van der Waals surface area contributed by atoms with E-state index in [9.17, 15) is 13.2 Å². The van der Waals surface area contributed by atoms with Gasteiger partial charge in [-0.2, -0.15) is 4.37 Å². The summed E-state index contributed by atoms with van der Waals surface area (Å²) in [6, 6.07) is -0.0132. The number of hydrogen-bond donors (Lipinski definition) is 0. The van der Waals surface area contributed by atoms with E-state index in [0.29, 0.717) is 31.5 Å². The topological polar surface area (TPSA) is 70.6 Å². The van der Waals surface area contributed by atoms with E-state index in [1.807, 2.05) is 6.92 Å². The van der Waals surface area contributed by atoms with E-state index < -0.39 is 10.0 Å². The van der Waals surface area contributed by atoms with Crippen LogP contribution < -0.4 is 0 Å². The first-order valence-corrected chi connectivity index (χ1v) is 9.47. The number of nitrogens with zero attached hydrogens (tertiary/aromatic N) is 3. The molecule has 1 saturated heterocycles. The van der Waals surface area contributed by atoms with Gasteiger partial charge in [0.05, 0.1) is 17.0 Å². The van der Waals surface area contributed by atoms with Crippen molar-refractivity contribution in [2.75, 3.05) is 25.9 Å². The molecule has 1 fully saturated rings. The van der Waals surface area contributed by atoms with Gasteiger partial charge in [-0.1, -0.05) is 0 Å². The van der Waals surface area contributed by atoms with Gasteiger partial charge < -0.3 is 4.90 Å². The minimum atomic E-state index is -3.16. The van der Waals surface area contributed by atoms with Crippen molar-refractivity contribution in [1.29, 1.82) is 0 Å². The van der Waals surface area contributed by atoms with Crippen molar-refractivity contribution >= 4 is 27.5 Å². The van der Waals surface area contributed by atoms with Crippen molar-refractivity contribution in [2.45, 2.75) is 32.7 Å². The Morgan fingerprint density at radius 3 is 2.57 bits per heavy atom. The summed E-state index contributed by atoms with van der Waals surface area (Å²) in [5, 5.41) is 1.78. The lowest BCUT2D eigenvalue weighted by atomic mass is 10.0. The second kappa shape index (κ2) is 6.41. The Bertz CT molecular complexity index is 604. The third-order valence-electron chi connectivity index (χ3n) is 4.05. The molecule has 1 aromatic rings. The van der Waals surface area contributed by atoms with E-state index in [1.165, 1.54) is 15.8 Å². The van der Waals surface area contributed by atoms with Gasteiger partial charge in [0.2, 0.25) is 10.0 Å². The second-order valence-corrected chi connectivity index (χ2v) is 8.20. The highest BCUT2D eigenvalue weighted by Crippen LogP contribution is 2.21. The first-order valence-electron chi connectivity index (χ1n) is 7.02. The molecule has 1 aliphatic rings. The minimum absolute atomic E-state index is 0.000650. The lowest BCUT2D eigenvalue weighted by Gasteiger charge is -2.36. The molecule has 0 aliphatic carbocycles. The molecule has 1 aromatic heterocycles. The van der Waals surface area contributed by atoms with Crippen LogP contribution in [0.2, 0.25) is 0 Å². The summed E-state index contributed by atoms with van der Waals surface area (Å²) in [6.45, 7) is 4.65. The zero-order valence-electron chi connectivity index (χ0n) is 12.6. The summed E-state index contributed by atoms with van der Waals surface area (Å²) in [5.41, 5.74) is 1.42. The Morgan fingerprint density at radius 1 is 1.48 bits per heavy atom. The van der Waals surface area contributed by atoms with Crippen molar-refractivity contribution in [3.05, 3.63) is 16.6 Å². The van der Waals surface area contributed by atoms with Gasteiger partial charge in [0, 0.05) is 31.6 Å². The second-order valence-electron chi connectivity index (χ2n) is 5.25. The van der Waals surface area contributed by atoms with Crippen LogP contribution in [0.1, 0.15) is 35.8 Å². The molecular weight excluding hydrogens is 310 g/mol. The summed E-state index contributed by atoms with van der Waals surface area (Å²) in [6.07, 6.45) is 1.36. The van der Waals surface area contributed by atoms with E-state index in [0.717, 1.165) is 5.69 Å². The summed E-state index contributed by atoms with van der Waals surface area (Å²) in [7, 11) is -1.53. The highest BCUT2D eigenvalue weighted by atomic mass is 32.2. The number of sulfonamides is 1. The van der Waals surface area contributed by atoms with Crippen LogP contribution in [0.4, 0.5) is 0 Å². The van der Waals surface area contributed by atoms with E-state index >= 15 is 0 Å². The highest BCUT2D eigenvalue weighted by molar-refractivity contribution is 7.89. The number of carbonyl (C=O) groups is 1. The van der Waals surface area contributed by atoms with Gasteiger partial charge in [-0.25, -0.2) is 12.7 Å². The molecule has 118 valence electrons. The maximum absolute atomic E-state index is 12.4. The Hall–Kier alpha value is -0.990. The SMILES string of the molecule is CCS(=O)(=O)N(C)C1CCN(C(=O)c2csnc2C)CC1. The van der Waals surface area contributed by atoms with Crippen molar-refractivity contribution in [3.8, 4) is 0 Å². The fraction of sp³-hybridized carbons (Fsp3) is 0.692. The summed E-state index contributed by atoms with van der Waals surface area (Å²) in [4.78, 5) is 14.2. The first-order chi connectivity index (χ1) is 9.86. The van der Waals surface area contributed by atoms with E-state index in [4.69, 9.17) is 0 Å². The molecule has 21 heavy (non-hydrogen) atoms. The molecule has 0 saturated carbocycles. The van der Waals surface area contributed by atoms with Crippen LogP contribution in [0.3, 0.4) is 0 Å². The van der Waals surface area contributed by atoms with Gasteiger partial charge >= 0.3 is 0 Å². The molecular formula is C13H21N3O3S2. The quantitative estimate of drug-likeness (QED) is 0.835. The number of likely N-dealkylation sites (tertiary alicyclic amines) is 1. The van der Waals surface area contributed by atoms with Gasteiger partial charge in [-0.15, -0.1) is 0 Å². The lowest BCUT2D eigenvalue weighted by Crippen LogP contribution is -2.47. The van der Waals surface area contributed by atoms with Crippen molar-refractivity contribution < 1.29 is 13.2 Å². The van der Waals surface area contributed by atoms with Crippen LogP contribution in [0.5, 0.6) is 0 Å². The van der Waals surface area contributed by atoms with E-state index in [1.54, 1.807) is 24.3 Å². The predicted octanol–water partition coefficient (Wildman–Crippen LogP) is 1.34. The molecule has 1 aliphatic heterocycles. The van der Waals surface area contributed by atoms with Crippen LogP contribution in [-0.2, 0) is 10.0 Å². The van der Waals surface area contributed by atoms with Gasteiger partial charge in [0.15, 0.2) is 0 Å². The molecule has 0 unspecified atom stereocenters. The molecule has 2 rings (SSSR count). The zero-order valence-corrected chi connectivity index (χ0v) is 14.2. The largest absolute Gasteiger partial charge is 0.338 e. The minimum Gasteiger partial charge on any atom is -0.338 e. The van der Waals surface area contributed by atoms with Crippen molar-refractivity contribution in [1.82, 2.24) is 13.6 Å². The van der Waals surface area contributed by atoms with E-state index in [2.05, 4.69) is 4.37 Å². The average molecular weight is 331 g/mol. The number of rotatable bonds is 4. The number of hydrogen-bond acceptors (Lipinski definition) is 5. The highest BCUT2D eigenvalue weighted by Gasteiger charge is 2.31. The molecule has 0 radical (unpaired) electrons. The average Bonchev–Trinajstić information content (AvgIpc) is 2.92. The fourth-order valence-corrected chi connectivity index (χ4v) is 4.29. The maximum Gasteiger partial charge on any atom is 0.256 e. The third-order valence-corrected chi connectivity index (χ3v) is 6.68. The Morgan fingerprint density at radius 2 is 2.10 bits per heavy atom. The number of carbonyl (C=O) groups excluding carboxylic acids is 1. The first kappa shape index (κ1) is 16.4. The maximum atomic E-state index is 12.4. The number of amides is 1. The van der Waals surface area contributed by atoms with Crippen LogP contribution in [0.15, 0.2) is 5.38 Å². The number of aryl methyl sites for hydroxylation is 1. The Labute approximate surface area is 130 Å². The molecule has 0 spiro atoms. The number of piperidine rings is 1. The summed E-state index contributed by atoms with van der Waals surface area (Å²) >= 11 is 1.29. The van der Waals surface area contributed by atoms with Crippen LogP contribution in [0, 0.1) is 6.92 Å². The molecule has 0 atom stereocenters. The van der Waals surface area contributed by atoms with Crippen molar-refractivity contribution in [3.63, 3.8) is 0 Å². The number of aromatic nitrogens is 1. The molecule has 0 aromatic carbocycles. The predicted molar refractivity (Wildman–Crippen MR) is 83.0 cm³/mol. The van der Waals surface area contributed by atoms with Gasteiger partial charge in [0.25, 0.3) is 5.91 Å². The van der Waals surface area contributed by atoms with Gasteiger partial charge in [-0.3, -0.25) is 4.79 Å². The molecule has 6 nitrogen and oxygen atoms in total. The Balaban J connectivity index is 1.98. The monoisotopic (exact) mass is 331 g/mol. The summed E-state index contributed by atoms with van der Waals surface area (Å²) in [5.74, 6) is 0.114. The van der Waals surface area contributed by atoms with Crippen LogP contribution in [-0.4, -0.2) is 59.8 Å². The van der Waals surface area contributed by atoms with Gasteiger partial charge in [0.1, 0.15) is 0 Å².